The van der Waals surface area contributed by atoms with E-state index < -0.39 is 5.56 Å². The molecule has 122 valence electrons. The Morgan fingerprint density at radius 3 is 3.00 bits per heavy atom. The number of nitrogens with zero attached hydrogens (tertiary/aromatic N) is 3. The summed E-state index contributed by atoms with van der Waals surface area (Å²) in [6, 6.07) is 5.60. The predicted octanol–water partition coefficient (Wildman–Crippen LogP) is 1.96. The Hall–Kier alpha value is -2.15. The number of thiophene rings is 1. The van der Waals surface area contributed by atoms with Crippen LogP contribution in [0.2, 0.25) is 0 Å². The smallest absolute Gasteiger partial charge is 0.290 e. The first-order valence-electron chi connectivity index (χ1n) is 7.77. The topological polar surface area (TPSA) is 81.2 Å². The van der Waals surface area contributed by atoms with Crippen molar-refractivity contribution in [3.05, 3.63) is 33.9 Å². The molecule has 0 saturated carbocycles. The highest BCUT2D eigenvalue weighted by molar-refractivity contribution is 7.13. The van der Waals surface area contributed by atoms with Crippen LogP contribution in [0.4, 0.5) is 5.69 Å². The summed E-state index contributed by atoms with van der Waals surface area (Å²) in [5.74, 6) is -0.0745. The molecular formula is C16H20N4O2S. The number of nitrogens with two attached hydrogens (primary N) is 1. The molecule has 23 heavy (non-hydrogen) atoms. The Morgan fingerprint density at radius 1 is 1.48 bits per heavy atom. The lowest BCUT2D eigenvalue weighted by molar-refractivity contribution is -0.135. The van der Waals surface area contributed by atoms with E-state index in [0.29, 0.717) is 5.69 Å². The van der Waals surface area contributed by atoms with Crippen LogP contribution >= 0.6 is 11.3 Å². The van der Waals surface area contributed by atoms with Crippen LogP contribution in [0.15, 0.2) is 28.4 Å². The molecule has 0 spiro atoms. The molecule has 2 N–H and O–H groups in total. The molecule has 3 heterocycles. The zero-order chi connectivity index (χ0) is 16.4. The number of hydrogen-bond donors (Lipinski definition) is 1. The van der Waals surface area contributed by atoms with Gasteiger partial charge in [-0.1, -0.05) is 6.07 Å². The van der Waals surface area contributed by atoms with Gasteiger partial charge in [0.1, 0.15) is 17.9 Å². The molecule has 1 aliphatic rings. The predicted molar refractivity (Wildman–Crippen MR) is 91.2 cm³/mol. The van der Waals surface area contributed by atoms with Crippen molar-refractivity contribution in [2.24, 2.45) is 0 Å². The largest absolute Gasteiger partial charge is 0.394 e. The molecule has 7 heteroatoms. The molecule has 1 fully saturated rings. The van der Waals surface area contributed by atoms with Crippen LogP contribution < -0.4 is 11.3 Å². The summed E-state index contributed by atoms with van der Waals surface area (Å²) in [6.45, 7) is 2.73. The van der Waals surface area contributed by atoms with E-state index >= 15 is 0 Å². The average Bonchev–Trinajstić information content (AvgIpc) is 3.06. The fourth-order valence-corrected chi connectivity index (χ4v) is 3.58. The molecule has 0 aromatic carbocycles. The Kier molecular flexibility index (Phi) is 4.47. The highest BCUT2D eigenvalue weighted by Crippen LogP contribution is 2.23. The lowest BCUT2D eigenvalue weighted by Gasteiger charge is -2.33. The van der Waals surface area contributed by atoms with Gasteiger partial charge in [-0.25, -0.2) is 4.68 Å². The Bertz CT molecular complexity index is 754. The molecule has 3 rings (SSSR count). The Labute approximate surface area is 138 Å². The molecule has 1 saturated heterocycles. The summed E-state index contributed by atoms with van der Waals surface area (Å²) in [7, 11) is 0. The fraction of sp³-hybridized carbons (Fsp3) is 0.438. The van der Waals surface area contributed by atoms with Gasteiger partial charge in [0.2, 0.25) is 5.91 Å². The number of rotatable bonds is 3. The number of aromatic nitrogens is 2. The summed E-state index contributed by atoms with van der Waals surface area (Å²) in [5, 5.41) is 6.26. The van der Waals surface area contributed by atoms with E-state index in [1.54, 1.807) is 6.07 Å². The van der Waals surface area contributed by atoms with Crippen molar-refractivity contribution in [1.29, 1.82) is 0 Å². The van der Waals surface area contributed by atoms with E-state index in [1.807, 2.05) is 29.3 Å². The maximum atomic E-state index is 12.5. The van der Waals surface area contributed by atoms with Gasteiger partial charge in [0.25, 0.3) is 5.56 Å². The minimum absolute atomic E-state index is 0.0629. The minimum atomic E-state index is -0.414. The van der Waals surface area contributed by atoms with Gasteiger partial charge in [-0.2, -0.15) is 5.10 Å². The zero-order valence-electron chi connectivity index (χ0n) is 13.1. The first kappa shape index (κ1) is 15.7. The first-order valence-corrected chi connectivity index (χ1v) is 8.65. The molecular weight excluding hydrogens is 312 g/mol. The van der Waals surface area contributed by atoms with Gasteiger partial charge in [-0.05, 0) is 43.7 Å². The fourth-order valence-electron chi connectivity index (χ4n) is 2.90. The van der Waals surface area contributed by atoms with Gasteiger partial charge < -0.3 is 10.6 Å². The summed E-state index contributed by atoms with van der Waals surface area (Å²) >= 11 is 1.52. The highest BCUT2D eigenvalue weighted by Gasteiger charge is 2.24. The lowest BCUT2D eigenvalue weighted by Crippen LogP contribution is -2.45. The van der Waals surface area contributed by atoms with Crippen LogP contribution in [-0.2, 0) is 11.3 Å². The molecule has 2 aromatic rings. The zero-order valence-corrected chi connectivity index (χ0v) is 13.9. The number of nitrogen functional groups attached to an aromatic ring is 1. The van der Waals surface area contributed by atoms with E-state index in [1.165, 1.54) is 16.0 Å². The van der Waals surface area contributed by atoms with Crippen molar-refractivity contribution in [1.82, 2.24) is 14.7 Å². The SMILES string of the molecule is C[C@@H]1CCCCN1C(=O)Cn1nc(-c2cccs2)cc(N)c1=O. The number of carbonyl (C=O) groups excluding carboxylic acids is 1. The van der Waals surface area contributed by atoms with Crippen LogP contribution in [0.1, 0.15) is 26.2 Å². The van der Waals surface area contributed by atoms with Crippen molar-refractivity contribution >= 4 is 22.9 Å². The maximum absolute atomic E-state index is 12.5. The molecule has 2 aromatic heterocycles. The first-order chi connectivity index (χ1) is 11.1. The van der Waals surface area contributed by atoms with Crippen molar-refractivity contribution in [2.75, 3.05) is 12.3 Å². The molecule has 0 bridgehead atoms. The van der Waals surface area contributed by atoms with E-state index in [-0.39, 0.29) is 24.2 Å². The molecule has 0 unspecified atom stereocenters. The standard InChI is InChI=1S/C16H20N4O2S/c1-11-5-2-3-7-19(11)15(21)10-20-16(22)12(17)9-13(18-20)14-6-4-8-23-14/h4,6,8-9,11H,2-3,5,7,10,17H2,1H3/t11-/m1/s1. The monoisotopic (exact) mass is 332 g/mol. The van der Waals surface area contributed by atoms with E-state index in [4.69, 9.17) is 5.73 Å². The van der Waals surface area contributed by atoms with Crippen molar-refractivity contribution < 1.29 is 4.79 Å². The molecule has 1 amide bonds. The van der Waals surface area contributed by atoms with Crippen molar-refractivity contribution in [2.45, 2.75) is 38.8 Å². The molecule has 0 radical (unpaired) electrons. The van der Waals surface area contributed by atoms with Gasteiger partial charge in [0.15, 0.2) is 0 Å². The van der Waals surface area contributed by atoms with E-state index in [9.17, 15) is 9.59 Å². The van der Waals surface area contributed by atoms with Crippen LogP contribution in [0.25, 0.3) is 10.6 Å². The molecule has 6 nitrogen and oxygen atoms in total. The van der Waals surface area contributed by atoms with Gasteiger partial charge in [-0.15, -0.1) is 11.3 Å². The lowest BCUT2D eigenvalue weighted by atomic mass is 10.0. The van der Waals surface area contributed by atoms with Gasteiger partial charge in [0, 0.05) is 12.6 Å². The van der Waals surface area contributed by atoms with Crippen LogP contribution in [0, 0.1) is 0 Å². The Morgan fingerprint density at radius 2 is 2.30 bits per heavy atom. The third-order valence-corrected chi connectivity index (χ3v) is 5.08. The molecule has 0 aliphatic carbocycles. The third-order valence-electron chi connectivity index (χ3n) is 4.18. The summed E-state index contributed by atoms with van der Waals surface area (Å²) in [6.07, 6.45) is 3.16. The third kappa shape index (κ3) is 3.29. The number of hydrogen-bond acceptors (Lipinski definition) is 5. The van der Waals surface area contributed by atoms with Gasteiger partial charge in [-0.3, -0.25) is 9.59 Å². The maximum Gasteiger partial charge on any atom is 0.290 e. The second-order valence-corrected chi connectivity index (χ2v) is 6.80. The molecule has 1 atom stereocenters. The van der Waals surface area contributed by atoms with Crippen LogP contribution in [-0.4, -0.2) is 33.2 Å². The summed E-state index contributed by atoms with van der Waals surface area (Å²) in [4.78, 5) is 27.5. The highest BCUT2D eigenvalue weighted by atomic mass is 32.1. The second kappa shape index (κ2) is 6.54. The second-order valence-electron chi connectivity index (χ2n) is 5.86. The summed E-state index contributed by atoms with van der Waals surface area (Å²) < 4.78 is 1.19. The number of amides is 1. The Balaban J connectivity index is 1.87. The number of anilines is 1. The number of piperidine rings is 1. The van der Waals surface area contributed by atoms with Crippen molar-refractivity contribution in [3.63, 3.8) is 0 Å². The normalized spacial score (nSPS) is 18.1. The van der Waals surface area contributed by atoms with Gasteiger partial charge in [0.05, 0.1) is 4.88 Å². The quantitative estimate of drug-likeness (QED) is 0.931. The number of likely N-dealkylation sites (tertiary alicyclic amines) is 1. The molecule has 1 aliphatic heterocycles. The minimum Gasteiger partial charge on any atom is -0.394 e. The summed E-state index contributed by atoms with van der Waals surface area (Å²) in [5.41, 5.74) is 6.14. The van der Waals surface area contributed by atoms with Crippen molar-refractivity contribution in [3.8, 4) is 10.6 Å². The number of carbonyl (C=O) groups is 1. The average molecular weight is 332 g/mol. The van der Waals surface area contributed by atoms with Gasteiger partial charge >= 0.3 is 0 Å². The van der Waals surface area contributed by atoms with E-state index in [0.717, 1.165) is 30.7 Å². The van der Waals surface area contributed by atoms with Crippen LogP contribution in [0.5, 0.6) is 0 Å². The van der Waals surface area contributed by atoms with Crippen LogP contribution in [0.3, 0.4) is 0 Å². The van der Waals surface area contributed by atoms with E-state index in [2.05, 4.69) is 5.10 Å².